The summed E-state index contributed by atoms with van der Waals surface area (Å²) in [6, 6.07) is 14.5. The van der Waals surface area contributed by atoms with Gasteiger partial charge in [0.15, 0.2) is 0 Å². The number of aryl methyl sites for hydroxylation is 2. The molecule has 0 saturated carbocycles. The Bertz CT molecular complexity index is 896. The van der Waals surface area contributed by atoms with Gasteiger partial charge in [0.05, 0.1) is 11.9 Å². The molecule has 0 aliphatic carbocycles. The van der Waals surface area contributed by atoms with Crippen molar-refractivity contribution in [2.24, 2.45) is 0 Å². The van der Waals surface area contributed by atoms with Crippen LogP contribution in [-0.2, 0) is 20.6 Å². The quantitative estimate of drug-likeness (QED) is 0.631. The van der Waals surface area contributed by atoms with Crippen LogP contribution < -0.4 is 9.62 Å². The molecule has 28 heavy (non-hydrogen) atoms. The van der Waals surface area contributed by atoms with E-state index in [0.717, 1.165) is 23.3 Å². The Labute approximate surface area is 172 Å². The lowest BCUT2D eigenvalue weighted by molar-refractivity contribution is -0.121. The van der Waals surface area contributed by atoms with Crippen LogP contribution in [0.3, 0.4) is 0 Å². The molecule has 2 aromatic carbocycles. The predicted octanol–water partition coefficient (Wildman–Crippen LogP) is 3.51. The lowest BCUT2D eigenvalue weighted by Gasteiger charge is -2.28. The van der Waals surface area contributed by atoms with Crippen LogP contribution in [-0.4, -0.2) is 38.9 Å². The third-order valence-electron chi connectivity index (χ3n) is 4.44. The maximum absolute atomic E-state index is 12.5. The zero-order valence-corrected chi connectivity index (χ0v) is 18.4. The first-order valence-electron chi connectivity index (χ1n) is 9.16. The highest BCUT2D eigenvalue weighted by molar-refractivity contribution is 7.98. The maximum atomic E-state index is 12.5. The third-order valence-corrected chi connectivity index (χ3v) is 6.69. The van der Waals surface area contributed by atoms with Crippen LogP contribution >= 0.6 is 11.8 Å². The van der Waals surface area contributed by atoms with Gasteiger partial charge in [0.2, 0.25) is 15.9 Å². The van der Waals surface area contributed by atoms with E-state index < -0.39 is 16.1 Å². The topological polar surface area (TPSA) is 66.5 Å². The predicted molar refractivity (Wildman–Crippen MR) is 118 cm³/mol. The Morgan fingerprint density at radius 3 is 2.36 bits per heavy atom. The summed E-state index contributed by atoms with van der Waals surface area (Å²) in [5, 5.41) is 2.85. The molecule has 0 saturated heterocycles. The second kappa shape index (κ2) is 9.98. The third kappa shape index (κ3) is 6.27. The van der Waals surface area contributed by atoms with Gasteiger partial charge in [-0.2, -0.15) is 11.8 Å². The number of benzene rings is 2. The summed E-state index contributed by atoms with van der Waals surface area (Å²) in [6.45, 7) is 6.12. The highest BCUT2D eigenvalue weighted by Crippen LogP contribution is 2.21. The molecule has 0 fully saturated rings. The zero-order chi connectivity index (χ0) is 20.7. The molecule has 1 N–H and O–H groups in total. The summed E-state index contributed by atoms with van der Waals surface area (Å²) in [7, 11) is -3.58. The van der Waals surface area contributed by atoms with Gasteiger partial charge < -0.3 is 5.32 Å². The maximum Gasteiger partial charge on any atom is 0.243 e. The molecule has 0 aliphatic rings. The Balaban J connectivity index is 1.90. The Morgan fingerprint density at radius 2 is 1.75 bits per heavy atom. The van der Waals surface area contributed by atoms with Crippen molar-refractivity contribution in [1.29, 1.82) is 0 Å². The number of nitrogens with zero attached hydrogens (tertiary/aromatic N) is 1. The SMILES string of the molecule is Cc1ccc(N([C@H](C)C(=O)NCCSCc2ccccc2C)S(C)(=O)=O)cc1. The van der Waals surface area contributed by atoms with E-state index >= 15 is 0 Å². The van der Waals surface area contributed by atoms with Crippen molar-refractivity contribution in [1.82, 2.24) is 5.32 Å². The fourth-order valence-electron chi connectivity index (χ4n) is 2.85. The van der Waals surface area contributed by atoms with E-state index in [9.17, 15) is 13.2 Å². The van der Waals surface area contributed by atoms with Crippen LogP contribution in [0.1, 0.15) is 23.6 Å². The van der Waals surface area contributed by atoms with Crippen molar-refractivity contribution in [2.75, 3.05) is 22.9 Å². The number of thioether (sulfide) groups is 1. The molecule has 1 amide bonds. The van der Waals surface area contributed by atoms with E-state index in [-0.39, 0.29) is 5.91 Å². The van der Waals surface area contributed by atoms with E-state index in [0.29, 0.717) is 12.2 Å². The summed E-state index contributed by atoms with van der Waals surface area (Å²) in [4.78, 5) is 12.5. The van der Waals surface area contributed by atoms with Crippen LogP contribution in [0.4, 0.5) is 5.69 Å². The van der Waals surface area contributed by atoms with Crippen molar-refractivity contribution in [3.63, 3.8) is 0 Å². The number of nitrogens with one attached hydrogen (secondary N) is 1. The monoisotopic (exact) mass is 420 g/mol. The van der Waals surface area contributed by atoms with Crippen LogP contribution in [0.15, 0.2) is 48.5 Å². The zero-order valence-electron chi connectivity index (χ0n) is 16.8. The van der Waals surface area contributed by atoms with E-state index in [4.69, 9.17) is 0 Å². The van der Waals surface area contributed by atoms with Crippen molar-refractivity contribution in [3.8, 4) is 0 Å². The van der Waals surface area contributed by atoms with Crippen molar-refractivity contribution >= 4 is 33.4 Å². The average Bonchev–Trinajstić information content (AvgIpc) is 2.63. The molecule has 7 heteroatoms. The lowest BCUT2D eigenvalue weighted by atomic mass is 10.1. The van der Waals surface area contributed by atoms with Gasteiger partial charge in [0.1, 0.15) is 6.04 Å². The van der Waals surface area contributed by atoms with E-state index in [2.05, 4.69) is 24.4 Å². The van der Waals surface area contributed by atoms with Gasteiger partial charge in [0.25, 0.3) is 0 Å². The number of amides is 1. The highest BCUT2D eigenvalue weighted by atomic mass is 32.2. The summed E-state index contributed by atoms with van der Waals surface area (Å²) in [5.41, 5.74) is 4.06. The summed E-state index contributed by atoms with van der Waals surface area (Å²) >= 11 is 1.74. The number of carbonyl (C=O) groups is 1. The molecule has 0 heterocycles. The molecule has 2 aromatic rings. The first-order chi connectivity index (χ1) is 13.2. The summed E-state index contributed by atoms with van der Waals surface area (Å²) in [5.74, 6) is 1.34. The minimum absolute atomic E-state index is 0.303. The van der Waals surface area contributed by atoms with Gasteiger partial charge >= 0.3 is 0 Å². The largest absolute Gasteiger partial charge is 0.353 e. The second-order valence-corrected chi connectivity index (χ2v) is 9.81. The standard InChI is InChI=1S/C21H28N2O3S2/c1-16-9-11-20(12-10-16)23(28(4,25)26)18(3)21(24)22-13-14-27-15-19-8-6-5-7-17(19)2/h5-12,18H,13-15H2,1-4H3,(H,22,24)/t18-/m1/s1. The number of hydrogen-bond donors (Lipinski definition) is 1. The minimum atomic E-state index is -3.58. The molecule has 0 aromatic heterocycles. The number of rotatable bonds is 9. The fourth-order valence-corrected chi connectivity index (χ4v) is 4.96. The summed E-state index contributed by atoms with van der Waals surface area (Å²) in [6.07, 6.45) is 1.12. The number of hydrogen-bond acceptors (Lipinski definition) is 4. The highest BCUT2D eigenvalue weighted by Gasteiger charge is 2.28. The second-order valence-electron chi connectivity index (χ2n) is 6.84. The Hall–Kier alpha value is -1.99. The smallest absolute Gasteiger partial charge is 0.243 e. The van der Waals surface area contributed by atoms with E-state index in [1.165, 1.54) is 15.4 Å². The molecule has 0 aliphatic heterocycles. The van der Waals surface area contributed by atoms with Gasteiger partial charge in [0, 0.05) is 18.1 Å². The fraction of sp³-hybridized carbons (Fsp3) is 0.381. The van der Waals surface area contributed by atoms with Gasteiger partial charge in [-0.15, -0.1) is 0 Å². The molecule has 0 bridgehead atoms. The van der Waals surface area contributed by atoms with Gasteiger partial charge in [-0.25, -0.2) is 8.42 Å². The van der Waals surface area contributed by atoms with E-state index in [1.807, 2.05) is 31.2 Å². The van der Waals surface area contributed by atoms with Crippen molar-refractivity contribution in [3.05, 3.63) is 65.2 Å². The molecule has 5 nitrogen and oxygen atoms in total. The molecule has 1 atom stereocenters. The molecular weight excluding hydrogens is 392 g/mol. The van der Waals surface area contributed by atoms with Crippen LogP contribution in [0.5, 0.6) is 0 Å². The van der Waals surface area contributed by atoms with Gasteiger partial charge in [-0.3, -0.25) is 9.10 Å². The van der Waals surface area contributed by atoms with Gasteiger partial charge in [-0.05, 0) is 44.0 Å². The molecule has 0 radical (unpaired) electrons. The minimum Gasteiger partial charge on any atom is -0.353 e. The van der Waals surface area contributed by atoms with Gasteiger partial charge in [-0.1, -0.05) is 42.0 Å². The Morgan fingerprint density at radius 1 is 1.11 bits per heavy atom. The van der Waals surface area contributed by atoms with Crippen LogP contribution in [0, 0.1) is 13.8 Å². The number of carbonyl (C=O) groups excluding carboxylic acids is 1. The first kappa shape index (κ1) is 22.3. The number of anilines is 1. The van der Waals surface area contributed by atoms with Crippen molar-refractivity contribution in [2.45, 2.75) is 32.6 Å². The molecular formula is C21H28N2O3S2. The average molecular weight is 421 g/mol. The van der Waals surface area contributed by atoms with Crippen LogP contribution in [0.2, 0.25) is 0 Å². The summed E-state index contributed by atoms with van der Waals surface area (Å²) < 4.78 is 25.7. The molecule has 0 unspecified atom stereocenters. The number of sulfonamides is 1. The van der Waals surface area contributed by atoms with E-state index in [1.54, 1.807) is 30.8 Å². The molecule has 152 valence electrons. The Kier molecular flexibility index (Phi) is 7.95. The molecule has 2 rings (SSSR count). The first-order valence-corrected chi connectivity index (χ1v) is 12.2. The van der Waals surface area contributed by atoms with Crippen molar-refractivity contribution < 1.29 is 13.2 Å². The van der Waals surface area contributed by atoms with Crippen LogP contribution in [0.25, 0.3) is 0 Å². The normalized spacial score (nSPS) is 12.4. The molecule has 0 spiro atoms. The lowest BCUT2D eigenvalue weighted by Crippen LogP contribution is -2.48.